The molecule has 0 fully saturated rings. The Morgan fingerprint density at radius 2 is 0.789 bits per heavy atom. The molecule has 4 heteroatoms. The SMILES string of the molecule is CC/C=C\C/C=C\C/C=C\C/C=C\C/C=C\C/C=C\CCCCC(=O)OC(CO)COCCCCCCCCCCCCCCCCCCCCCCCCCC. The van der Waals surface area contributed by atoms with E-state index in [1.807, 2.05) is 0 Å². The Balaban J connectivity index is 3.47. The summed E-state index contributed by atoms with van der Waals surface area (Å²) in [7, 11) is 0. The third-order valence-corrected chi connectivity index (χ3v) is 10.5. The van der Waals surface area contributed by atoms with Crippen LogP contribution in [-0.4, -0.2) is 37.0 Å². The summed E-state index contributed by atoms with van der Waals surface area (Å²) in [5.74, 6) is -0.241. The number of allylic oxidation sites excluding steroid dienone is 12. The molecule has 1 N–H and O–H groups in total. The number of hydrogen-bond acceptors (Lipinski definition) is 4. The van der Waals surface area contributed by atoms with Crippen molar-refractivity contribution in [2.45, 2.75) is 238 Å². The minimum Gasteiger partial charge on any atom is -0.457 e. The first-order chi connectivity index (χ1) is 28.2. The number of ether oxygens (including phenoxy) is 2. The van der Waals surface area contributed by atoms with Crippen molar-refractivity contribution in [3.63, 3.8) is 0 Å². The molecule has 0 saturated heterocycles. The van der Waals surface area contributed by atoms with E-state index >= 15 is 0 Å². The molecule has 0 aliphatic carbocycles. The maximum Gasteiger partial charge on any atom is 0.306 e. The van der Waals surface area contributed by atoms with Gasteiger partial charge in [0.05, 0.1) is 13.2 Å². The lowest BCUT2D eigenvalue weighted by atomic mass is 10.0. The number of hydrogen-bond donors (Lipinski definition) is 1. The van der Waals surface area contributed by atoms with Crippen LogP contribution in [-0.2, 0) is 14.3 Å². The van der Waals surface area contributed by atoms with Crippen molar-refractivity contribution in [3.05, 3.63) is 72.9 Å². The molecule has 0 amide bonds. The van der Waals surface area contributed by atoms with Gasteiger partial charge < -0.3 is 14.6 Å². The normalized spacial score (nSPS) is 13.0. The van der Waals surface area contributed by atoms with Crippen molar-refractivity contribution in [1.29, 1.82) is 0 Å². The van der Waals surface area contributed by atoms with Gasteiger partial charge in [0.15, 0.2) is 0 Å². The van der Waals surface area contributed by atoms with Crippen LogP contribution in [0, 0.1) is 0 Å². The Morgan fingerprint density at radius 3 is 1.16 bits per heavy atom. The summed E-state index contributed by atoms with van der Waals surface area (Å²) < 4.78 is 11.2. The largest absolute Gasteiger partial charge is 0.457 e. The van der Waals surface area contributed by atoms with Crippen molar-refractivity contribution < 1.29 is 19.4 Å². The summed E-state index contributed by atoms with van der Waals surface area (Å²) in [6, 6.07) is 0. The molecule has 0 radical (unpaired) electrons. The number of rotatable bonds is 45. The molecule has 0 bridgehead atoms. The summed E-state index contributed by atoms with van der Waals surface area (Å²) in [5.41, 5.74) is 0. The van der Waals surface area contributed by atoms with E-state index in [-0.39, 0.29) is 19.2 Å². The first kappa shape index (κ1) is 54.8. The zero-order valence-electron chi connectivity index (χ0n) is 37.8. The Hall–Kier alpha value is -2.17. The van der Waals surface area contributed by atoms with Crippen LogP contribution in [0.5, 0.6) is 0 Å². The fourth-order valence-corrected chi connectivity index (χ4v) is 6.92. The lowest BCUT2D eigenvalue weighted by molar-refractivity contribution is -0.154. The van der Waals surface area contributed by atoms with E-state index in [1.165, 1.54) is 148 Å². The minimum atomic E-state index is -0.560. The fourth-order valence-electron chi connectivity index (χ4n) is 6.92. The van der Waals surface area contributed by atoms with Crippen LogP contribution >= 0.6 is 0 Å². The second kappa shape index (κ2) is 50.0. The molecule has 1 atom stereocenters. The highest BCUT2D eigenvalue weighted by Gasteiger charge is 2.13. The molecular formula is C53H94O4. The predicted molar refractivity (Wildman–Crippen MR) is 251 cm³/mol. The van der Waals surface area contributed by atoms with Crippen molar-refractivity contribution in [3.8, 4) is 0 Å². The van der Waals surface area contributed by atoms with Crippen LogP contribution in [0.3, 0.4) is 0 Å². The molecule has 330 valence electrons. The number of aliphatic hydroxyl groups is 1. The van der Waals surface area contributed by atoms with Crippen LogP contribution in [0.15, 0.2) is 72.9 Å². The zero-order valence-corrected chi connectivity index (χ0v) is 37.8. The molecule has 0 heterocycles. The van der Waals surface area contributed by atoms with Crippen molar-refractivity contribution >= 4 is 5.97 Å². The molecular weight excluding hydrogens is 701 g/mol. The topological polar surface area (TPSA) is 55.8 Å². The molecule has 1 unspecified atom stereocenters. The number of esters is 1. The van der Waals surface area contributed by atoms with E-state index in [2.05, 4.69) is 86.8 Å². The molecule has 4 nitrogen and oxygen atoms in total. The van der Waals surface area contributed by atoms with E-state index in [4.69, 9.17) is 9.47 Å². The number of aliphatic hydroxyl groups excluding tert-OH is 1. The quantitative estimate of drug-likeness (QED) is 0.0379. The van der Waals surface area contributed by atoms with E-state index in [9.17, 15) is 9.90 Å². The van der Waals surface area contributed by atoms with Crippen LogP contribution in [0.4, 0.5) is 0 Å². The molecule has 57 heavy (non-hydrogen) atoms. The molecule has 0 aliphatic rings. The van der Waals surface area contributed by atoms with E-state index < -0.39 is 6.10 Å². The van der Waals surface area contributed by atoms with Gasteiger partial charge in [0, 0.05) is 13.0 Å². The summed E-state index contributed by atoms with van der Waals surface area (Å²) >= 11 is 0. The number of carbonyl (C=O) groups excluding carboxylic acids is 1. The Bertz CT molecular complexity index is 973. The van der Waals surface area contributed by atoms with Gasteiger partial charge in [-0.25, -0.2) is 0 Å². The van der Waals surface area contributed by atoms with Crippen molar-refractivity contribution in [1.82, 2.24) is 0 Å². The Labute approximate surface area is 355 Å². The first-order valence-corrected chi connectivity index (χ1v) is 24.5. The maximum atomic E-state index is 12.2. The van der Waals surface area contributed by atoms with Gasteiger partial charge in [-0.3, -0.25) is 4.79 Å². The van der Waals surface area contributed by atoms with Gasteiger partial charge in [0.2, 0.25) is 0 Å². The summed E-state index contributed by atoms with van der Waals surface area (Å²) in [4.78, 5) is 12.2. The minimum absolute atomic E-state index is 0.191. The van der Waals surface area contributed by atoms with Gasteiger partial charge in [0.25, 0.3) is 0 Å². The average molecular weight is 795 g/mol. The third-order valence-electron chi connectivity index (χ3n) is 10.5. The standard InChI is InChI=1S/C53H94O4/c1-3-5-7-9-11-13-15-17-19-21-23-25-26-27-29-31-33-35-37-39-41-43-45-47-49-56-51-52(50-54)57-53(55)48-46-44-42-40-38-36-34-32-30-28-24-22-20-18-16-14-12-10-8-6-4-2/h6,8,12,14,18,20,24,28,32,34,38,40,52,54H,3-5,7,9-11,13,15-17,19,21-23,25-27,29-31,33,35-37,39,41-51H2,1-2H3/b8-6-,14-12-,20-18-,28-24-,34-32-,40-38-. The lowest BCUT2D eigenvalue weighted by Crippen LogP contribution is -2.27. The molecule has 0 aromatic heterocycles. The summed E-state index contributed by atoms with van der Waals surface area (Å²) in [6.07, 6.45) is 68.5. The van der Waals surface area contributed by atoms with Gasteiger partial charge in [-0.1, -0.05) is 234 Å². The zero-order chi connectivity index (χ0) is 41.2. The van der Waals surface area contributed by atoms with E-state index in [0.717, 1.165) is 64.2 Å². The maximum absolute atomic E-state index is 12.2. The highest BCUT2D eigenvalue weighted by atomic mass is 16.6. The second-order valence-electron chi connectivity index (χ2n) is 16.2. The fraction of sp³-hybridized carbons (Fsp3) is 0.755. The highest BCUT2D eigenvalue weighted by molar-refractivity contribution is 5.69. The highest BCUT2D eigenvalue weighted by Crippen LogP contribution is 2.16. The monoisotopic (exact) mass is 795 g/mol. The lowest BCUT2D eigenvalue weighted by Gasteiger charge is -2.15. The Morgan fingerprint density at radius 1 is 0.439 bits per heavy atom. The molecule has 0 saturated carbocycles. The van der Waals surface area contributed by atoms with Gasteiger partial charge in [-0.05, 0) is 64.2 Å². The molecule has 0 spiro atoms. The summed E-state index contributed by atoms with van der Waals surface area (Å²) in [5, 5.41) is 9.63. The van der Waals surface area contributed by atoms with Gasteiger partial charge in [-0.2, -0.15) is 0 Å². The van der Waals surface area contributed by atoms with Crippen LogP contribution in [0.1, 0.15) is 232 Å². The number of carbonyl (C=O) groups is 1. The third kappa shape index (κ3) is 48.1. The van der Waals surface area contributed by atoms with Crippen molar-refractivity contribution in [2.24, 2.45) is 0 Å². The smallest absolute Gasteiger partial charge is 0.306 e. The predicted octanol–water partition coefficient (Wildman–Crippen LogP) is 16.5. The van der Waals surface area contributed by atoms with Crippen LogP contribution in [0.25, 0.3) is 0 Å². The summed E-state index contributed by atoms with van der Waals surface area (Å²) in [6.45, 7) is 5.21. The van der Waals surface area contributed by atoms with Crippen LogP contribution in [0.2, 0.25) is 0 Å². The first-order valence-electron chi connectivity index (χ1n) is 24.5. The van der Waals surface area contributed by atoms with Crippen LogP contribution < -0.4 is 0 Å². The van der Waals surface area contributed by atoms with E-state index in [1.54, 1.807) is 0 Å². The molecule has 0 aliphatic heterocycles. The van der Waals surface area contributed by atoms with Gasteiger partial charge in [0.1, 0.15) is 6.10 Å². The van der Waals surface area contributed by atoms with Gasteiger partial charge in [-0.15, -0.1) is 0 Å². The molecule has 0 aromatic rings. The van der Waals surface area contributed by atoms with Crippen molar-refractivity contribution in [2.75, 3.05) is 19.8 Å². The molecule has 0 rings (SSSR count). The van der Waals surface area contributed by atoms with Gasteiger partial charge >= 0.3 is 5.97 Å². The molecule has 0 aromatic carbocycles. The van der Waals surface area contributed by atoms with E-state index in [0.29, 0.717) is 13.0 Å². The number of unbranched alkanes of at least 4 members (excludes halogenated alkanes) is 25. The second-order valence-corrected chi connectivity index (χ2v) is 16.2. The average Bonchev–Trinajstić information content (AvgIpc) is 3.22. The Kier molecular flexibility index (Phi) is 48.1.